The molecule has 29 heavy (non-hydrogen) atoms. The molecule has 0 bridgehead atoms. The standard InChI is InChI=1S/C19H18FN5O2S2/c1-3-25-17(12(2)27-15-6-4-14(20)5-7-15)23-24-19(25)29-11-16(26)22-18-13(10-21)8-9-28-18/h4-9,12H,3,11H2,1-2H3,(H,22,26). The van der Waals surface area contributed by atoms with E-state index in [9.17, 15) is 9.18 Å². The number of carbonyl (C=O) groups excluding carboxylic acids is 1. The number of nitrogens with zero attached hydrogens (tertiary/aromatic N) is 4. The van der Waals surface area contributed by atoms with Gasteiger partial charge in [-0.3, -0.25) is 4.79 Å². The number of halogens is 1. The number of thioether (sulfide) groups is 1. The second-order valence-electron chi connectivity index (χ2n) is 5.91. The lowest BCUT2D eigenvalue weighted by molar-refractivity contribution is -0.113. The Kier molecular flexibility index (Phi) is 6.85. The number of nitrogens with one attached hydrogen (secondary N) is 1. The summed E-state index contributed by atoms with van der Waals surface area (Å²) in [5.74, 6) is 0.723. The fraction of sp³-hybridized carbons (Fsp3) is 0.263. The van der Waals surface area contributed by atoms with E-state index in [-0.39, 0.29) is 17.5 Å². The van der Waals surface area contributed by atoms with Crippen molar-refractivity contribution in [2.45, 2.75) is 31.7 Å². The minimum atomic E-state index is -0.402. The van der Waals surface area contributed by atoms with Gasteiger partial charge in [0.05, 0.1) is 11.3 Å². The number of aromatic nitrogens is 3. The van der Waals surface area contributed by atoms with Crippen molar-refractivity contribution in [2.24, 2.45) is 0 Å². The maximum Gasteiger partial charge on any atom is 0.235 e. The molecule has 0 aliphatic rings. The summed E-state index contributed by atoms with van der Waals surface area (Å²) >= 11 is 2.56. The number of amides is 1. The molecule has 1 unspecified atom stereocenters. The zero-order valence-electron chi connectivity index (χ0n) is 15.8. The molecule has 0 aliphatic heterocycles. The zero-order valence-corrected chi connectivity index (χ0v) is 17.4. The number of hydrogen-bond acceptors (Lipinski definition) is 7. The largest absolute Gasteiger partial charge is 0.483 e. The van der Waals surface area contributed by atoms with E-state index in [4.69, 9.17) is 10.00 Å². The van der Waals surface area contributed by atoms with E-state index >= 15 is 0 Å². The quantitative estimate of drug-likeness (QED) is 0.536. The highest BCUT2D eigenvalue weighted by atomic mass is 32.2. The Morgan fingerprint density at radius 3 is 2.83 bits per heavy atom. The first-order valence-electron chi connectivity index (χ1n) is 8.77. The Balaban J connectivity index is 1.63. The van der Waals surface area contributed by atoms with Crippen LogP contribution in [0.5, 0.6) is 5.75 Å². The molecule has 1 amide bonds. The molecule has 0 spiro atoms. The van der Waals surface area contributed by atoms with E-state index in [1.54, 1.807) is 23.6 Å². The maximum absolute atomic E-state index is 13.0. The van der Waals surface area contributed by atoms with Crippen molar-refractivity contribution in [3.63, 3.8) is 0 Å². The van der Waals surface area contributed by atoms with Gasteiger partial charge in [0, 0.05) is 6.54 Å². The molecule has 1 aromatic carbocycles. The minimum absolute atomic E-state index is 0.133. The molecule has 0 aliphatic carbocycles. The molecule has 0 fully saturated rings. The molecule has 1 atom stereocenters. The van der Waals surface area contributed by atoms with Crippen molar-refractivity contribution in [3.05, 3.63) is 52.9 Å². The van der Waals surface area contributed by atoms with Crippen molar-refractivity contribution in [2.75, 3.05) is 11.1 Å². The van der Waals surface area contributed by atoms with E-state index in [1.165, 1.54) is 35.2 Å². The van der Waals surface area contributed by atoms with Crippen LogP contribution in [0.4, 0.5) is 9.39 Å². The summed E-state index contributed by atoms with van der Waals surface area (Å²) in [5, 5.41) is 23.0. The van der Waals surface area contributed by atoms with Crippen molar-refractivity contribution >= 4 is 34.0 Å². The van der Waals surface area contributed by atoms with Crippen molar-refractivity contribution in [1.29, 1.82) is 5.26 Å². The first-order valence-corrected chi connectivity index (χ1v) is 10.6. The van der Waals surface area contributed by atoms with E-state index in [0.717, 1.165) is 0 Å². The Labute approximate surface area is 175 Å². The number of hydrogen-bond donors (Lipinski definition) is 1. The van der Waals surface area contributed by atoms with Gasteiger partial charge in [0.1, 0.15) is 22.6 Å². The number of carbonyl (C=O) groups is 1. The first-order chi connectivity index (χ1) is 14.0. The van der Waals surface area contributed by atoms with Crippen LogP contribution in [0.2, 0.25) is 0 Å². The van der Waals surface area contributed by atoms with Crippen LogP contribution in [0.15, 0.2) is 40.9 Å². The van der Waals surface area contributed by atoms with Crippen LogP contribution in [0, 0.1) is 17.1 Å². The van der Waals surface area contributed by atoms with E-state index < -0.39 is 6.10 Å². The lowest BCUT2D eigenvalue weighted by atomic mass is 10.3. The summed E-state index contributed by atoms with van der Waals surface area (Å²) in [6.45, 7) is 4.39. The third kappa shape index (κ3) is 5.13. The number of benzene rings is 1. The van der Waals surface area contributed by atoms with Crippen molar-refractivity contribution < 1.29 is 13.9 Å². The van der Waals surface area contributed by atoms with E-state index in [1.807, 2.05) is 24.5 Å². The monoisotopic (exact) mass is 431 g/mol. The number of nitriles is 1. The molecular formula is C19H18FN5O2S2. The third-order valence-corrected chi connectivity index (χ3v) is 5.72. The minimum Gasteiger partial charge on any atom is -0.483 e. The fourth-order valence-electron chi connectivity index (χ4n) is 2.56. The molecule has 1 N–H and O–H groups in total. The first kappa shape index (κ1) is 20.8. The SMILES string of the molecule is CCn1c(SCC(=O)Nc2sccc2C#N)nnc1C(C)Oc1ccc(F)cc1. The van der Waals surface area contributed by atoms with Crippen LogP contribution in [0.3, 0.4) is 0 Å². The number of thiophene rings is 1. The summed E-state index contributed by atoms with van der Waals surface area (Å²) in [6.07, 6.45) is -0.402. The number of anilines is 1. The highest BCUT2D eigenvalue weighted by Gasteiger charge is 2.20. The maximum atomic E-state index is 13.0. The van der Waals surface area contributed by atoms with Gasteiger partial charge in [0.2, 0.25) is 5.91 Å². The van der Waals surface area contributed by atoms with Gasteiger partial charge in [0.15, 0.2) is 17.1 Å². The normalized spacial score (nSPS) is 11.7. The van der Waals surface area contributed by atoms with Gasteiger partial charge in [0.25, 0.3) is 0 Å². The van der Waals surface area contributed by atoms with Gasteiger partial charge in [-0.15, -0.1) is 21.5 Å². The predicted molar refractivity (Wildman–Crippen MR) is 110 cm³/mol. The molecular weight excluding hydrogens is 413 g/mol. The molecule has 10 heteroatoms. The Morgan fingerprint density at radius 2 is 2.14 bits per heavy atom. The lowest BCUT2D eigenvalue weighted by Gasteiger charge is -2.15. The van der Waals surface area contributed by atoms with Gasteiger partial charge in [-0.05, 0) is 49.6 Å². The molecule has 7 nitrogen and oxygen atoms in total. The van der Waals surface area contributed by atoms with Gasteiger partial charge in [-0.25, -0.2) is 4.39 Å². The molecule has 0 saturated heterocycles. The van der Waals surface area contributed by atoms with E-state index in [0.29, 0.717) is 33.8 Å². The van der Waals surface area contributed by atoms with Crippen molar-refractivity contribution in [3.8, 4) is 11.8 Å². The molecule has 2 heterocycles. The van der Waals surface area contributed by atoms with Gasteiger partial charge in [-0.2, -0.15) is 5.26 Å². The summed E-state index contributed by atoms with van der Waals surface area (Å²) in [7, 11) is 0. The van der Waals surface area contributed by atoms with Crippen LogP contribution in [-0.4, -0.2) is 26.4 Å². The van der Waals surface area contributed by atoms with Crippen LogP contribution < -0.4 is 10.1 Å². The van der Waals surface area contributed by atoms with Gasteiger partial charge in [-0.1, -0.05) is 11.8 Å². The molecule has 0 saturated carbocycles. The second-order valence-corrected chi connectivity index (χ2v) is 7.77. The average molecular weight is 432 g/mol. The predicted octanol–water partition coefficient (Wildman–Crippen LogP) is 4.24. The lowest BCUT2D eigenvalue weighted by Crippen LogP contribution is -2.15. The van der Waals surface area contributed by atoms with Crippen LogP contribution in [0.25, 0.3) is 0 Å². The number of rotatable bonds is 8. The topological polar surface area (TPSA) is 92.8 Å². The summed E-state index contributed by atoms with van der Waals surface area (Å²) in [6, 6.07) is 9.47. The zero-order chi connectivity index (χ0) is 20.8. The molecule has 150 valence electrons. The van der Waals surface area contributed by atoms with Crippen LogP contribution >= 0.6 is 23.1 Å². The Hall–Kier alpha value is -2.90. The summed E-state index contributed by atoms with van der Waals surface area (Å²) < 4.78 is 20.7. The Bertz CT molecular complexity index is 1030. The average Bonchev–Trinajstić information content (AvgIpc) is 3.34. The van der Waals surface area contributed by atoms with Gasteiger partial charge < -0.3 is 14.6 Å². The van der Waals surface area contributed by atoms with Crippen molar-refractivity contribution in [1.82, 2.24) is 14.8 Å². The highest BCUT2D eigenvalue weighted by molar-refractivity contribution is 7.99. The fourth-order valence-corrected chi connectivity index (χ4v) is 4.12. The molecule has 0 radical (unpaired) electrons. The summed E-state index contributed by atoms with van der Waals surface area (Å²) in [4.78, 5) is 12.2. The Morgan fingerprint density at radius 1 is 1.38 bits per heavy atom. The summed E-state index contributed by atoms with van der Waals surface area (Å²) in [5.41, 5.74) is 0.444. The smallest absolute Gasteiger partial charge is 0.235 e. The van der Waals surface area contributed by atoms with E-state index in [2.05, 4.69) is 15.5 Å². The molecule has 3 aromatic rings. The number of ether oxygens (including phenoxy) is 1. The van der Waals surface area contributed by atoms with Crippen LogP contribution in [-0.2, 0) is 11.3 Å². The molecule has 3 rings (SSSR count). The second kappa shape index (κ2) is 9.54. The van der Waals surface area contributed by atoms with Gasteiger partial charge >= 0.3 is 0 Å². The molecule has 2 aromatic heterocycles. The highest BCUT2D eigenvalue weighted by Crippen LogP contribution is 2.26. The van der Waals surface area contributed by atoms with Crippen LogP contribution in [0.1, 0.15) is 31.3 Å². The third-order valence-electron chi connectivity index (χ3n) is 3.92.